The van der Waals surface area contributed by atoms with Gasteiger partial charge >= 0.3 is 6.29 Å². The maximum absolute atomic E-state index is 13.3. The minimum atomic E-state index is -3.56. The summed E-state index contributed by atoms with van der Waals surface area (Å²) in [6.45, 7) is 1.72. The highest BCUT2D eigenvalue weighted by Crippen LogP contribution is 2.47. The zero-order chi connectivity index (χ0) is 24.1. The number of aliphatic hydroxyl groups is 1. The van der Waals surface area contributed by atoms with Gasteiger partial charge in [-0.3, -0.25) is 23.9 Å². The molecule has 192 valence electrons. The summed E-state index contributed by atoms with van der Waals surface area (Å²) in [4.78, 5) is 30.6. The van der Waals surface area contributed by atoms with E-state index in [0.29, 0.717) is 51.4 Å². The fourth-order valence-electron chi connectivity index (χ4n) is 6.14. The van der Waals surface area contributed by atoms with E-state index in [1.165, 1.54) is 0 Å². The van der Waals surface area contributed by atoms with Gasteiger partial charge in [0.2, 0.25) is 5.91 Å². The number of aliphatic hydroxyl groups excluding tert-OH is 1. The molecule has 0 spiro atoms. The van der Waals surface area contributed by atoms with Crippen LogP contribution in [-0.4, -0.2) is 77.5 Å². The number of amides is 2. The summed E-state index contributed by atoms with van der Waals surface area (Å²) in [5.41, 5.74) is 1.54. The van der Waals surface area contributed by atoms with Crippen LogP contribution >= 0.6 is 0 Å². The second kappa shape index (κ2) is 8.90. The number of carbonyl (C=O) groups excluding carboxylic acids is 2. The van der Waals surface area contributed by atoms with Crippen molar-refractivity contribution in [1.82, 2.24) is 16.1 Å². The first-order valence-electron chi connectivity index (χ1n) is 12.1. The Hall–Kier alpha value is -1.44. The molecular formula is C22H33F2N3O7. The van der Waals surface area contributed by atoms with Crippen LogP contribution in [0.3, 0.4) is 0 Å². The van der Waals surface area contributed by atoms with Gasteiger partial charge in [-0.25, -0.2) is 0 Å². The first-order chi connectivity index (χ1) is 16.1. The SMILES string of the molecule is CC1CC(C(=O)NC23CCC(NC(=O)COC4CCC5OC(F)(F)OC5C4)(CC2)[C@@H](O)C3)ON1. The summed E-state index contributed by atoms with van der Waals surface area (Å²) in [5.74, 6) is -0.534. The summed E-state index contributed by atoms with van der Waals surface area (Å²) in [7, 11) is 0. The largest absolute Gasteiger partial charge is 0.486 e. The first-order valence-corrected chi connectivity index (χ1v) is 12.1. The zero-order valence-corrected chi connectivity index (χ0v) is 19.2. The van der Waals surface area contributed by atoms with Gasteiger partial charge in [-0.05, 0) is 51.9 Å². The van der Waals surface area contributed by atoms with Crippen LogP contribution in [0.2, 0.25) is 0 Å². The Morgan fingerprint density at radius 1 is 1.09 bits per heavy atom. The normalized spacial score (nSPS) is 45.1. The second-order valence-corrected chi connectivity index (χ2v) is 10.6. The molecule has 4 N–H and O–H groups in total. The lowest BCUT2D eigenvalue weighted by Gasteiger charge is -2.56. The third-order valence-electron chi connectivity index (χ3n) is 8.08. The molecular weight excluding hydrogens is 456 g/mol. The van der Waals surface area contributed by atoms with Crippen LogP contribution in [0, 0.1) is 0 Å². The third kappa shape index (κ3) is 4.80. The number of halogens is 2. The Morgan fingerprint density at radius 2 is 1.82 bits per heavy atom. The van der Waals surface area contributed by atoms with Gasteiger partial charge in [0.1, 0.15) is 6.61 Å². The molecule has 6 atom stereocenters. The number of carbonyl (C=O) groups is 2. The van der Waals surface area contributed by atoms with Crippen molar-refractivity contribution in [2.45, 2.75) is 119 Å². The van der Waals surface area contributed by atoms with Crippen molar-refractivity contribution in [3.63, 3.8) is 0 Å². The summed E-state index contributed by atoms with van der Waals surface area (Å²) >= 11 is 0. The molecule has 4 saturated carbocycles. The molecule has 10 nitrogen and oxygen atoms in total. The van der Waals surface area contributed by atoms with Gasteiger partial charge in [-0.15, -0.1) is 8.78 Å². The number of nitrogens with one attached hydrogen (secondary N) is 3. The summed E-state index contributed by atoms with van der Waals surface area (Å²) in [6.07, 6.45) is -2.26. The number of ether oxygens (including phenoxy) is 3. The lowest BCUT2D eigenvalue weighted by molar-refractivity contribution is -0.351. The molecule has 12 heteroatoms. The van der Waals surface area contributed by atoms with Crippen LogP contribution in [0.15, 0.2) is 0 Å². The highest BCUT2D eigenvalue weighted by molar-refractivity contribution is 5.82. The number of fused-ring (bicyclic) bond motifs is 4. The molecule has 2 saturated heterocycles. The summed E-state index contributed by atoms with van der Waals surface area (Å²) in [5, 5.41) is 17.0. The average Bonchev–Trinajstić information content (AvgIpc) is 3.34. The zero-order valence-electron chi connectivity index (χ0n) is 19.2. The first kappa shape index (κ1) is 24.3. The Kier molecular flexibility index (Phi) is 6.35. The second-order valence-electron chi connectivity index (χ2n) is 10.6. The van der Waals surface area contributed by atoms with E-state index >= 15 is 0 Å². The van der Waals surface area contributed by atoms with Gasteiger partial charge in [0.05, 0.1) is 30.0 Å². The lowest BCUT2D eigenvalue weighted by atomic mass is 9.60. The van der Waals surface area contributed by atoms with E-state index in [-0.39, 0.29) is 37.0 Å². The Labute approximate surface area is 196 Å². The van der Waals surface area contributed by atoms with Crippen molar-refractivity contribution in [2.75, 3.05) is 6.61 Å². The van der Waals surface area contributed by atoms with E-state index in [1.54, 1.807) is 0 Å². The minimum absolute atomic E-state index is 0.108. The van der Waals surface area contributed by atoms with Gasteiger partial charge in [0, 0.05) is 24.4 Å². The Morgan fingerprint density at radius 3 is 2.50 bits per heavy atom. The van der Waals surface area contributed by atoms with E-state index in [9.17, 15) is 23.5 Å². The van der Waals surface area contributed by atoms with Crippen LogP contribution in [0.5, 0.6) is 0 Å². The van der Waals surface area contributed by atoms with Crippen LogP contribution < -0.4 is 16.1 Å². The molecule has 34 heavy (non-hydrogen) atoms. The number of alkyl halides is 2. The molecule has 2 bridgehead atoms. The van der Waals surface area contributed by atoms with E-state index in [1.807, 2.05) is 6.92 Å². The summed E-state index contributed by atoms with van der Waals surface area (Å²) in [6, 6.07) is 0.108. The Bertz CT molecular complexity index is 807. The fourth-order valence-corrected chi connectivity index (χ4v) is 6.14. The summed E-state index contributed by atoms with van der Waals surface area (Å²) < 4.78 is 41.4. The van der Waals surface area contributed by atoms with Gasteiger partial charge in [0.15, 0.2) is 6.10 Å². The molecule has 2 amide bonds. The lowest BCUT2D eigenvalue weighted by Crippen LogP contribution is -2.70. The molecule has 5 unspecified atom stereocenters. The van der Waals surface area contributed by atoms with Crippen LogP contribution in [0.4, 0.5) is 8.78 Å². The fraction of sp³-hybridized carbons (Fsp3) is 0.909. The van der Waals surface area contributed by atoms with Crippen LogP contribution in [0.1, 0.15) is 64.7 Å². The van der Waals surface area contributed by atoms with Crippen molar-refractivity contribution in [1.29, 1.82) is 0 Å². The quantitative estimate of drug-likeness (QED) is 0.428. The third-order valence-corrected chi connectivity index (χ3v) is 8.08. The average molecular weight is 490 g/mol. The molecule has 0 aromatic heterocycles. The number of hydroxylamine groups is 1. The highest BCUT2D eigenvalue weighted by Gasteiger charge is 2.56. The van der Waals surface area contributed by atoms with Gasteiger partial charge in [-0.2, -0.15) is 5.48 Å². The van der Waals surface area contributed by atoms with Crippen molar-refractivity contribution in [2.24, 2.45) is 0 Å². The Balaban J connectivity index is 1.09. The highest BCUT2D eigenvalue weighted by atomic mass is 19.3. The van der Waals surface area contributed by atoms with Crippen molar-refractivity contribution >= 4 is 11.8 Å². The van der Waals surface area contributed by atoms with Crippen molar-refractivity contribution in [3.05, 3.63) is 0 Å². The maximum Gasteiger partial charge on any atom is 0.486 e. The van der Waals surface area contributed by atoms with Gasteiger partial charge < -0.3 is 20.5 Å². The number of hydrogen-bond donors (Lipinski definition) is 4. The van der Waals surface area contributed by atoms with Gasteiger partial charge in [-0.1, -0.05) is 0 Å². The van der Waals surface area contributed by atoms with Crippen molar-refractivity contribution in [3.8, 4) is 0 Å². The monoisotopic (exact) mass is 489 g/mol. The minimum Gasteiger partial charge on any atom is -0.391 e. The topological polar surface area (TPSA) is 127 Å². The predicted molar refractivity (Wildman–Crippen MR) is 111 cm³/mol. The van der Waals surface area contributed by atoms with E-state index in [4.69, 9.17) is 9.57 Å². The van der Waals surface area contributed by atoms with Crippen LogP contribution in [-0.2, 0) is 28.6 Å². The molecule has 2 aliphatic heterocycles. The molecule has 2 heterocycles. The smallest absolute Gasteiger partial charge is 0.391 e. The standard InChI is InChI=1S/C22H33F2N3O7/c1-12-8-16(34-27-12)19(30)26-20-4-6-21(7-5-20,17(28)10-20)25-18(29)11-31-13-2-3-14-15(9-13)33-22(23,24)32-14/h12-17,27-28H,2-11H2,1H3,(H,25,29)(H,26,30)/t12?,13?,14?,15?,16?,17-,20?,21?/m0/s1. The maximum atomic E-state index is 13.3. The van der Waals surface area contributed by atoms with Gasteiger partial charge in [0.25, 0.3) is 5.91 Å². The van der Waals surface area contributed by atoms with Crippen LogP contribution in [0.25, 0.3) is 0 Å². The number of hydrogen-bond acceptors (Lipinski definition) is 8. The molecule has 0 aromatic rings. The van der Waals surface area contributed by atoms with E-state index in [0.717, 1.165) is 0 Å². The molecule has 4 aliphatic carbocycles. The predicted octanol–water partition coefficient (Wildman–Crippen LogP) is 0.620. The number of rotatable bonds is 6. The molecule has 6 aliphatic rings. The molecule has 6 rings (SSSR count). The molecule has 0 radical (unpaired) electrons. The molecule has 6 fully saturated rings. The van der Waals surface area contributed by atoms with E-state index in [2.05, 4.69) is 25.6 Å². The van der Waals surface area contributed by atoms with E-state index < -0.39 is 41.8 Å². The van der Waals surface area contributed by atoms with Crippen molar-refractivity contribution < 1.29 is 42.5 Å². The molecule has 0 aromatic carbocycles.